The van der Waals surface area contributed by atoms with Crippen molar-refractivity contribution in [2.75, 3.05) is 0 Å². The van der Waals surface area contributed by atoms with E-state index in [0.717, 1.165) is 19.3 Å². The second-order valence-electron chi connectivity index (χ2n) is 4.89. The van der Waals surface area contributed by atoms with Crippen LogP contribution in [0.1, 0.15) is 71.6 Å². The van der Waals surface area contributed by atoms with E-state index in [-0.39, 0.29) is 0 Å². The van der Waals surface area contributed by atoms with Gasteiger partial charge in [0.05, 0.1) is 0 Å². The molecule has 0 saturated carbocycles. The van der Waals surface area contributed by atoms with Crippen LogP contribution in [-0.4, -0.2) is 0 Å². The van der Waals surface area contributed by atoms with Crippen LogP contribution in [0, 0.1) is 0 Å². The molecule has 0 rings (SSSR count). The topological polar surface area (TPSA) is 0 Å². The zero-order chi connectivity index (χ0) is 14.0. The molecule has 0 heterocycles. The number of allylic oxidation sites excluding steroid dienone is 8. The van der Waals surface area contributed by atoms with E-state index >= 15 is 0 Å². The van der Waals surface area contributed by atoms with Crippen LogP contribution in [0.15, 0.2) is 48.6 Å². The zero-order valence-corrected chi connectivity index (χ0v) is 13.0. The van der Waals surface area contributed by atoms with Gasteiger partial charge in [0.1, 0.15) is 0 Å². The maximum absolute atomic E-state index is 2.33. The molecule has 19 heavy (non-hydrogen) atoms. The minimum Gasteiger partial charge on any atom is -0.0914 e. The van der Waals surface area contributed by atoms with Gasteiger partial charge in [0.15, 0.2) is 0 Å². The first-order valence-corrected chi connectivity index (χ1v) is 7.98. The molecule has 0 amide bonds. The van der Waals surface area contributed by atoms with Gasteiger partial charge in [-0.05, 0) is 39.0 Å². The number of hydrogen-bond acceptors (Lipinski definition) is 0. The van der Waals surface area contributed by atoms with Crippen molar-refractivity contribution in [2.45, 2.75) is 71.6 Å². The maximum Gasteiger partial charge on any atom is -0.0169 e. The van der Waals surface area contributed by atoms with E-state index in [1.807, 2.05) is 0 Å². The Labute approximate surface area is 121 Å². The molecule has 108 valence electrons. The first-order chi connectivity index (χ1) is 9.41. The number of hydrogen-bond donors (Lipinski definition) is 0. The summed E-state index contributed by atoms with van der Waals surface area (Å²) < 4.78 is 0. The van der Waals surface area contributed by atoms with Gasteiger partial charge in [0, 0.05) is 0 Å². The summed E-state index contributed by atoms with van der Waals surface area (Å²) in [5.41, 5.74) is 0. The second-order valence-corrected chi connectivity index (χ2v) is 4.89. The Morgan fingerprint density at radius 3 is 1.68 bits per heavy atom. The van der Waals surface area contributed by atoms with E-state index in [0.29, 0.717) is 0 Å². The molecule has 0 fully saturated rings. The van der Waals surface area contributed by atoms with E-state index in [9.17, 15) is 0 Å². The van der Waals surface area contributed by atoms with Crippen molar-refractivity contribution in [1.82, 2.24) is 0 Å². The molecule has 0 aliphatic heterocycles. The number of rotatable bonds is 12. The van der Waals surface area contributed by atoms with Crippen molar-refractivity contribution in [1.29, 1.82) is 0 Å². The normalized spacial score (nSPS) is 12.7. The molecule has 0 bridgehead atoms. The minimum absolute atomic E-state index is 1.06. The lowest BCUT2D eigenvalue weighted by molar-refractivity contribution is 0.637. The van der Waals surface area contributed by atoms with E-state index < -0.39 is 0 Å². The maximum atomic E-state index is 2.33. The number of unbranched alkanes of at least 4 members (excludes halogenated alkanes) is 5. The van der Waals surface area contributed by atoms with Gasteiger partial charge in [-0.1, -0.05) is 81.2 Å². The van der Waals surface area contributed by atoms with Crippen molar-refractivity contribution in [3.63, 3.8) is 0 Å². The highest BCUT2D eigenvalue weighted by atomic mass is 13.9. The molecule has 0 saturated heterocycles. The molecule has 0 aliphatic rings. The van der Waals surface area contributed by atoms with Gasteiger partial charge in [0.2, 0.25) is 0 Å². The van der Waals surface area contributed by atoms with Crippen LogP contribution in [0.2, 0.25) is 0 Å². The Morgan fingerprint density at radius 2 is 1.11 bits per heavy atom. The summed E-state index contributed by atoms with van der Waals surface area (Å²) in [7, 11) is 0. The van der Waals surface area contributed by atoms with Crippen LogP contribution in [0.3, 0.4) is 0 Å². The lowest BCUT2D eigenvalue weighted by Gasteiger charge is -1.95. The Morgan fingerprint density at radius 1 is 0.579 bits per heavy atom. The highest BCUT2D eigenvalue weighted by Crippen LogP contribution is 2.05. The molecule has 0 atom stereocenters. The lowest BCUT2D eigenvalue weighted by atomic mass is 10.1. The Hall–Kier alpha value is -1.04. The third-order valence-electron chi connectivity index (χ3n) is 3.03. The average molecular weight is 260 g/mol. The quantitative estimate of drug-likeness (QED) is 0.268. The second kappa shape index (κ2) is 17.0. The molecule has 0 spiro atoms. The largest absolute Gasteiger partial charge is 0.0914 e. The van der Waals surface area contributed by atoms with Gasteiger partial charge in [0.25, 0.3) is 0 Å². The lowest BCUT2D eigenvalue weighted by Crippen LogP contribution is -1.75. The van der Waals surface area contributed by atoms with Crippen molar-refractivity contribution >= 4 is 0 Å². The first-order valence-electron chi connectivity index (χ1n) is 7.98. The third kappa shape index (κ3) is 17.0. The van der Waals surface area contributed by atoms with Crippen LogP contribution in [-0.2, 0) is 0 Å². The van der Waals surface area contributed by atoms with Crippen molar-refractivity contribution < 1.29 is 0 Å². The van der Waals surface area contributed by atoms with E-state index in [4.69, 9.17) is 0 Å². The van der Waals surface area contributed by atoms with Gasteiger partial charge >= 0.3 is 0 Å². The van der Waals surface area contributed by atoms with Crippen LogP contribution in [0.4, 0.5) is 0 Å². The monoisotopic (exact) mass is 260 g/mol. The SMILES string of the molecule is CC=CCC=CCC=CCC=CCCCCCCC. The van der Waals surface area contributed by atoms with Gasteiger partial charge in [-0.25, -0.2) is 0 Å². The molecular formula is C19H32. The fraction of sp³-hybridized carbons (Fsp3) is 0.579. The van der Waals surface area contributed by atoms with Crippen molar-refractivity contribution in [2.24, 2.45) is 0 Å². The standard InChI is InChI=1S/C19H32/c1-3-5-7-9-11-13-15-17-19-18-16-14-12-10-8-6-4-2/h3,5,9,11,15-18H,4,6-8,10,12-14,19H2,1-2H3. The van der Waals surface area contributed by atoms with Crippen LogP contribution in [0.5, 0.6) is 0 Å². The molecule has 0 aromatic rings. The molecule has 0 aromatic carbocycles. The summed E-state index contributed by atoms with van der Waals surface area (Å²) >= 11 is 0. The van der Waals surface area contributed by atoms with Crippen molar-refractivity contribution in [3.05, 3.63) is 48.6 Å². The molecule has 0 aliphatic carbocycles. The van der Waals surface area contributed by atoms with Crippen LogP contribution >= 0.6 is 0 Å². The van der Waals surface area contributed by atoms with Gasteiger partial charge in [-0.3, -0.25) is 0 Å². The van der Waals surface area contributed by atoms with Gasteiger partial charge in [-0.2, -0.15) is 0 Å². The Kier molecular flexibility index (Phi) is 16.0. The summed E-state index contributed by atoms with van der Waals surface area (Å²) in [4.78, 5) is 0. The zero-order valence-electron chi connectivity index (χ0n) is 13.0. The predicted molar refractivity (Wildman–Crippen MR) is 89.5 cm³/mol. The Bertz CT molecular complexity index is 266. The summed E-state index contributed by atoms with van der Waals surface area (Å²) in [6, 6.07) is 0. The highest BCUT2D eigenvalue weighted by molar-refractivity contribution is 4.98. The molecule has 0 aromatic heterocycles. The molecule has 0 heteroatoms. The Balaban J connectivity index is 3.29. The van der Waals surface area contributed by atoms with E-state index in [2.05, 4.69) is 62.5 Å². The predicted octanol–water partition coefficient (Wildman–Crippen LogP) is 6.76. The molecule has 0 N–H and O–H groups in total. The minimum atomic E-state index is 1.06. The smallest absolute Gasteiger partial charge is 0.0169 e. The molecule has 0 radical (unpaired) electrons. The fourth-order valence-corrected chi connectivity index (χ4v) is 1.84. The summed E-state index contributed by atoms with van der Waals surface area (Å²) in [5, 5.41) is 0. The fourth-order valence-electron chi connectivity index (χ4n) is 1.84. The summed E-state index contributed by atoms with van der Waals surface area (Å²) in [6.45, 7) is 4.33. The highest BCUT2D eigenvalue weighted by Gasteiger charge is 1.85. The van der Waals surface area contributed by atoms with Crippen molar-refractivity contribution in [3.8, 4) is 0 Å². The third-order valence-corrected chi connectivity index (χ3v) is 3.03. The molecular weight excluding hydrogens is 228 g/mol. The summed E-state index contributed by atoms with van der Waals surface area (Å²) in [5.74, 6) is 0. The first kappa shape index (κ1) is 18.0. The van der Waals surface area contributed by atoms with E-state index in [1.165, 1.54) is 38.5 Å². The summed E-state index contributed by atoms with van der Waals surface area (Å²) in [6.07, 6.45) is 29.2. The van der Waals surface area contributed by atoms with Crippen LogP contribution < -0.4 is 0 Å². The van der Waals surface area contributed by atoms with Crippen LogP contribution in [0.25, 0.3) is 0 Å². The van der Waals surface area contributed by atoms with E-state index in [1.54, 1.807) is 0 Å². The average Bonchev–Trinajstić information content (AvgIpc) is 2.43. The van der Waals surface area contributed by atoms with Gasteiger partial charge < -0.3 is 0 Å². The molecule has 0 nitrogen and oxygen atoms in total. The molecule has 0 unspecified atom stereocenters. The van der Waals surface area contributed by atoms with Gasteiger partial charge in [-0.15, -0.1) is 0 Å².